The van der Waals surface area contributed by atoms with Crippen LogP contribution in [-0.2, 0) is 9.47 Å². The van der Waals surface area contributed by atoms with E-state index in [1.165, 1.54) is 11.3 Å². The van der Waals surface area contributed by atoms with E-state index < -0.39 is 5.79 Å². The Balaban J connectivity index is 1.64. The molecule has 0 aromatic carbocycles. The second-order valence-corrected chi connectivity index (χ2v) is 6.43. The molecule has 1 N–H and O–H groups in total. The number of urea groups is 1. The maximum absolute atomic E-state index is 12.3. The number of thiazole rings is 1. The van der Waals surface area contributed by atoms with Crippen molar-refractivity contribution in [3.8, 4) is 0 Å². The largest absolute Gasteiger partial charge is 0.346 e. The molecule has 0 bridgehead atoms. The third-order valence-electron chi connectivity index (χ3n) is 3.76. The van der Waals surface area contributed by atoms with Gasteiger partial charge in [-0.1, -0.05) is 0 Å². The van der Waals surface area contributed by atoms with E-state index in [1.807, 2.05) is 13.8 Å². The van der Waals surface area contributed by atoms with E-state index in [1.54, 1.807) is 4.90 Å². The van der Waals surface area contributed by atoms with Crippen molar-refractivity contribution in [3.63, 3.8) is 0 Å². The molecule has 0 aliphatic carbocycles. The first-order chi connectivity index (χ1) is 9.58. The number of ether oxygens (including phenoxy) is 2. The van der Waals surface area contributed by atoms with E-state index in [4.69, 9.17) is 9.47 Å². The Kier molecular flexibility index (Phi) is 3.66. The fourth-order valence-electron chi connectivity index (χ4n) is 2.59. The smallest absolute Gasteiger partial charge is 0.323 e. The summed E-state index contributed by atoms with van der Waals surface area (Å²) in [5, 5.41) is 3.51. The van der Waals surface area contributed by atoms with Crippen LogP contribution in [0.1, 0.15) is 23.4 Å². The number of likely N-dealkylation sites (tertiary alicyclic amines) is 1. The zero-order valence-electron chi connectivity index (χ0n) is 11.8. The van der Waals surface area contributed by atoms with Gasteiger partial charge in [-0.25, -0.2) is 9.78 Å². The van der Waals surface area contributed by atoms with Crippen LogP contribution in [0.4, 0.5) is 9.93 Å². The van der Waals surface area contributed by atoms with Crippen molar-refractivity contribution >= 4 is 22.5 Å². The molecule has 3 heterocycles. The average molecular weight is 297 g/mol. The molecular formula is C13H19N3O3S. The van der Waals surface area contributed by atoms with Gasteiger partial charge >= 0.3 is 6.03 Å². The second kappa shape index (κ2) is 5.31. The third kappa shape index (κ3) is 2.65. The Labute approximate surface area is 122 Å². The molecule has 2 saturated heterocycles. The van der Waals surface area contributed by atoms with Gasteiger partial charge in [0.05, 0.1) is 25.5 Å². The highest BCUT2D eigenvalue weighted by Gasteiger charge is 2.42. The molecule has 6 nitrogen and oxygen atoms in total. The van der Waals surface area contributed by atoms with E-state index >= 15 is 0 Å². The number of aromatic nitrogens is 1. The number of nitrogens with one attached hydrogen (secondary N) is 1. The Hall–Kier alpha value is -1.18. The fourth-order valence-corrected chi connectivity index (χ4v) is 3.40. The predicted molar refractivity (Wildman–Crippen MR) is 76.0 cm³/mol. The second-order valence-electron chi connectivity index (χ2n) is 5.22. The van der Waals surface area contributed by atoms with Gasteiger partial charge in [0.2, 0.25) is 0 Å². The molecule has 2 amide bonds. The van der Waals surface area contributed by atoms with Gasteiger partial charge in [0, 0.05) is 17.8 Å². The number of hydrogen-bond donors (Lipinski definition) is 1. The summed E-state index contributed by atoms with van der Waals surface area (Å²) >= 11 is 1.50. The van der Waals surface area contributed by atoms with Crippen molar-refractivity contribution < 1.29 is 14.3 Å². The van der Waals surface area contributed by atoms with Crippen LogP contribution >= 0.6 is 11.3 Å². The number of piperidine rings is 1. The molecule has 1 aromatic heterocycles. The first-order valence-corrected chi connectivity index (χ1v) is 7.67. The van der Waals surface area contributed by atoms with E-state index in [9.17, 15) is 4.79 Å². The van der Waals surface area contributed by atoms with Crippen LogP contribution in [0.5, 0.6) is 0 Å². The zero-order chi connectivity index (χ0) is 14.2. The number of nitrogens with zero attached hydrogens (tertiary/aromatic N) is 2. The minimum Gasteiger partial charge on any atom is -0.346 e. The Morgan fingerprint density at radius 1 is 1.40 bits per heavy atom. The van der Waals surface area contributed by atoms with Crippen molar-refractivity contribution in [1.29, 1.82) is 0 Å². The van der Waals surface area contributed by atoms with E-state index in [0.29, 0.717) is 24.9 Å². The maximum Gasteiger partial charge on any atom is 0.323 e. The van der Waals surface area contributed by atoms with Crippen LogP contribution in [0.3, 0.4) is 0 Å². The van der Waals surface area contributed by atoms with Crippen LogP contribution in [0.2, 0.25) is 0 Å². The molecule has 2 aliphatic heterocycles. The normalized spacial score (nSPS) is 21.4. The number of hydrogen-bond acceptors (Lipinski definition) is 5. The van der Waals surface area contributed by atoms with Crippen molar-refractivity contribution in [1.82, 2.24) is 9.88 Å². The number of anilines is 1. The number of aryl methyl sites for hydroxylation is 2. The summed E-state index contributed by atoms with van der Waals surface area (Å²) in [4.78, 5) is 19.5. The van der Waals surface area contributed by atoms with Gasteiger partial charge in [-0.2, -0.15) is 0 Å². The standard InChI is InChI=1S/C13H19N3O3S/c1-9-10(2)20-11(14-9)15-12(17)16-5-3-4-13(8-16)18-6-7-19-13/h3-8H2,1-2H3,(H,14,15,17). The Morgan fingerprint density at radius 2 is 2.15 bits per heavy atom. The lowest BCUT2D eigenvalue weighted by Crippen LogP contribution is -2.52. The Morgan fingerprint density at radius 3 is 2.80 bits per heavy atom. The molecule has 20 heavy (non-hydrogen) atoms. The van der Waals surface area contributed by atoms with Gasteiger partial charge in [-0.05, 0) is 20.3 Å². The number of rotatable bonds is 1. The quantitative estimate of drug-likeness (QED) is 0.862. The Bertz CT molecular complexity index is 491. The third-order valence-corrected chi connectivity index (χ3v) is 4.75. The van der Waals surface area contributed by atoms with Gasteiger partial charge in [0.15, 0.2) is 10.9 Å². The van der Waals surface area contributed by atoms with E-state index in [2.05, 4.69) is 10.3 Å². The number of amides is 2. The molecule has 1 spiro atoms. The highest BCUT2D eigenvalue weighted by Crippen LogP contribution is 2.30. The van der Waals surface area contributed by atoms with Crippen molar-refractivity contribution in [2.24, 2.45) is 0 Å². The molecule has 2 fully saturated rings. The van der Waals surface area contributed by atoms with Gasteiger partial charge in [-0.15, -0.1) is 11.3 Å². The summed E-state index contributed by atoms with van der Waals surface area (Å²) in [6.45, 7) is 6.38. The molecule has 3 rings (SSSR count). The topological polar surface area (TPSA) is 63.7 Å². The highest BCUT2D eigenvalue weighted by molar-refractivity contribution is 7.15. The van der Waals surface area contributed by atoms with Crippen molar-refractivity contribution in [2.75, 3.05) is 31.6 Å². The maximum atomic E-state index is 12.3. The molecule has 1 aromatic rings. The fraction of sp³-hybridized carbons (Fsp3) is 0.692. The zero-order valence-corrected chi connectivity index (χ0v) is 12.6. The van der Waals surface area contributed by atoms with Gasteiger partial charge < -0.3 is 14.4 Å². The summed E-state index contributed by atoms with van der Waals surface area (Å²) in [6.07, 6.45) is 1.75. The molecular weight excluding hydrogens is 278 g/mol. The molecule has 7 heteroatoms. The monoisotopic (exact) mass is 297 g/mol. The minimum atomic E-state index is -0.579. The summed E-state index contributed by atoms with van der Waals surface area (Å²) in [5.41, 5.74) is 0.961. The molecule has 110 valence electrons. The van der Waals surface area contributed by atoms with Crippen LogP contribution in [0, 0.1) is 13.8 Å². The number of carbonyl (C=O) groups excluding carboxylic acids is 1. The molecule has 0 unspecified atom stereocenters. The summed E-state index contributed by atoms with van der Waals surface area (Å²) in [6, 6.07) is -0.128. The van der Waals surface area contributed by atoms with Gasteiger partial charge in [0.25, 0.3) is 0 Å². The molecule has 0 saturated carbocycles. The summed E-state index contributed by atoms with van der Waals surface area (Å²) < 4.78 is 11.4. The van der Waals surface area contributed by atoms with Crippen LogP contribution in [0.15, 0.2) is 0 Å². The predicted octanol–water partition coefficient (Wildman–Crippen LogP) is 2.13. The lowest BCUT2D eigenvalue weighted by molar-refractivity contribution is -0.182. The van der Waals surface area contributed by atoms with Crippen LogP contribution < -0.4 is 5.32 Å². The average Bonchev–Trinajstić information content (AvgIpc) is 2.98. The van der Waals surface area contributed by atoms with E-state index in [0.717, 1.165) is 30.0 Å². The summed E-state index contributed by atoms with van der Waals surface area (Å²) in [5.74, 6) is -0.579. The highest BCUT2D eigenvalue weighted by atomic mass is 32.1. The lowest BCUT2D eigenvalue weighted by Gasteiger charge is -2.38. The SMILES string of the molecule is Cc1nc(NC(=O)N2CCCC3(C2)OCCO3)sc1C. The van der Waals surface area contributed by atoms with Crippen LogP contribution in [-0.4, -0.2) is 48.0 Å². The van der Waals surface area contributed by atoms with E-state index in [-0.39, 0.29) is 6.03 Å². The number of carbonyl (C=O) groups is 1. The van der Waals surface area contributed by atoms with Gasteiger partial charge in [-0.3, -0.25) is 5.32 Å². The molecule has 2 aliphatic rings. The van der Waals surface area contributed by atoms with Crippen LogP contribution in [0.25, 0.3) is 0 Å². The molecule has 0 radical (unpaired) electrons. The minimum absolute atomic E-state index is 0.128. The first-order valence-electron chi connectivity index (χ1n) is 6.86. The van der Waals surface area contributed by atoms with Crippen molar-refractivity contribution in [2.45, 2.75) is 32.5 Å². The lowest BCUT2D eigenvalue weighted by atomic mass is 10.1. The van der Waals surface area contributed by atoms with Gasteiger partial charge in [0.1, 0.15) is 0 Å². The molecule has 0 atom stereocenters. The van der Waals surface area contributed by atoms with Crippen molar-refractivity contribution in [3.05, 3.63) is 10.6 Å². The summed E-state index contributed by atoms with van der Waals surface area (Å²) in [7, 11) is 0. The first kappa shape index (κ1) is 13.8.